The Balaban J connectivity index is 1.80. The molecule has 152 valence electrons. The van der Waals surface area contributed by atoms with Gasteiger partial charge < -0.3 is 14.4 Å². The molecule has 0 saturated carbocycles. The van der Waals surface area contributed by atoms with E-state index in [1.807, 2.05) is 30.3 Å². The van der Waals surface area contributed by atoms with E-state index in [2.05, 4.69) is 31.0 Å². The molecule has 29 heavy (non-hydrogen) atoms. The number of nitrogens with two attached hydrogens (primary N) is 1. The van der Waals surface area contributed by atoms with Gasteiger partial charge >= 0.3 is 10.3 Å². The molecular weight excluding hydrogens is 398 g/mol. The number of rotatable bonds is 7. The van der Waals surface area contributed by atoms with Gasteiger partial charge in [-0.1, -0.05) is 24.1 Å². The van der Waals surface area contributed by atoms with Gasteiger partial charge in [0.15, 0.2) is 5.65 Å². The zero-order valence-corrected chi connectivity index (χ0v) is 16.3. The number of aliphatic hydroxyl groups is 1. The standard InChI is InChI=1S/C18H19N5O5S/c1-27-16(10-28-29(19,25)26)15(24)9-23-12-22-17-14(20-11-21-18(17)23)8-7-13-5-3-2-4-6-13/h2-6,11-12,15-16,24H,9-10H2,1H3,(H2,19,25,26)/t15-,16+/m0/s1. The van der Waals surface area contributed by atoms with E-state index < -0.39 is 29.1 Å². The van der Waals surface area contributed by atoms with Crippen molar-refractivity contribution in [1.82, 2.24) is 19.5 Å². The van der Waals surface area contributed by atoms with E-state index >= 15 is 0 Å². The fraction of sp³-hybridized carbons (Fsp3) is 0.278. The van der Waals surface area contributed by atoms with Gasteiger partial charge in [0.25, 0.3) is 0 Å². The third kappa shape index (κ3) is 5.57. The first-order chi connectivity index (χ1) is 13.9. The van der Waals surface area contributed by atoms with Crippen molar-refractivity contribution in [3.8, 4) is 11.8 Å². The van der Waals surface area contributed by atoms with Crippen LogP contribution in [0.5, 0.6) is 0 Å². The molecule has 2 aromatic heterocycles. The zero-order valence-electron chi connectivity index (χ0n) is 15.5. The molecule has 0 amide bonds. The second-order valence-corrected chi connectivity index (χ2v) is 7.25. The normalized spacial score (nSPS) is 13.6. The van der Waals surface area contributed by atoms with Gasteiger partial charge in [-0.15, -0.1) is 0 Å². The van der Waals surface area contributed by atoms with Crippen LogP contribution >= 0.6 is 0 Å². The summed E-state index contributed by atoms with van der Waals surface area (Å²) < 4.78 is 33.1. The van der Waals surface area contributed by atoms with E-state index in [0.717, 1.165) is 5.56 Å². The van der Waals surface area contributed by atoms with Crippen molar-refractivity contribution in [1.29, 1.82) is 0 Å². The lowest BCUT2D eigenvalue weighted by Gasteiger charge is -2.21. The first kappa shape index (κ1) is 20.8. The van der Waals surface area contributed by atoms with Crippen LogP contribution in [0.2, 0.25) is 0 Å². The molecule has 10 nitrogen and oxygen atoms in total. The smallest absolute Gasteiger partial charge is 0.333 e. The number of fused-ring (bicyclic) bond motifs is 1. The van der Waals surface area contributed by atoms with Crippen LogP contribution in [-0.4, -0.2) is 59.0 Å². The Kier molecular flexibility index (Phi) is 6.53. The Morgan fingerprint density at radius 2 is 1.97 bits per heavy atom. The molecule has 0 saturated heterocycles. The second kappa shape index (κ2) is 9.08. The molecule has 3 N–H and O–H groups in total. The molecule has 1 aromatic carbocycles. The molecule has 0 aliphatic rings. The van der Waals surface area contributed by atoms with Crippen molar-refractivity contribution < 1.29 is 22.4 Å². The molecule has 2 atom stereocenters. The minimum absolute atomic E-state index is 0.0333. The Morgan fingerprint density at radius 1 is 1.21 bits per heavy atom. The lowest BCUT2D eigenvalue weighted by Crippen LogP contribution is -2.37. The number of aliphatic hydroxyl groups excluding tert-OH is 1. The van der Waals surface area contributed by atoms with Gasteiger partial charge in [-0.05, 0) is 18.1 Å². The summed E-state index contributed by atoms with van der Waals surface area (Å²) in [7, 11) is -2.82. The highest BCUT2D eigenvalue weighted by Crippen LogP contribution is 2.14. The summed E-state index contributed by atoms with van der Waals surface area (Å²) in [5.41, 5.74) is 2.25. The highest BCUT2D eigenvalue weighted by atomic mass is 32.2. The number of ether oxygens (including phenoxy) is 1. The summed E-state index contributed by atoms with van der Waals surface area (Å²) in [4.78, 5) is 12.7. The maximum absolute atomic E-state index is 10.9. The van der Waals surface area contributed by atoms with Crippen LogP contribution in [0, 0.1) is 11.8 Å². The van der Waals surface area contributed by atoms with Crippen LogP contribution < -0.4 is 5.14 Å². The minimum atomic E-state index is -4.14. The van der Waals surface area contributed by atoms with Gasteiger partial charge in [0.1, 0.15) is 29.7 Å². The third-order valence-electron chi connectivity index (χ3n) is 4.01. The molecule has 0 bridgehead atoms. The number of aromatic nitrogens is 4. The summed E-state index contributed by atoms with van der Waals surface area (Å²) >= 11 is 0. The number of imidazole rings is 1. The molecule has 0 radical (unpaired) electrons. The van der Waals surface area contributed by atoms with Crippen LogP contribution in [0.1, 0.15) is 11.3 Å². The lowest BCUT2D eigenvalue weighted by molar-refractivity contribution is -0.0403. The molecule has 0 aliphatic heterocycles. The van der Waals surface area contributed by atoms with Crippen LogP contribution in [0.3, 0.4) is 0 Å². The maximum atomic E-state index is 10.9. The summed E-state index contributed by atoms with van der Waals surface area (Å²) in [6.45, 7) is -0.391. The summed E-state index contributed by atoms with van der Waals surface area (Å²) in [5, 5.41) is 15.2. The lowest BCUT2D eigenvalue weighted by atomic mass is 10.2. The Bertz CT molecular complexity index is 1140. The van der Waals surface area contributed by atoms with Gasteiger partial charge in [0, 0.05) is 12.7 Å². The number of methoxy groups -OCH3 is 1. The zero-order chi connectivity index (χ0) is 20.9. The Morgan fingerprint density at radius 3 is 2.66 bits per heavy atom. The third-order valence-corrected chi connectivity index (χ3v) is 4.48. The van der Waals surface area contributed by atoms with E-state index in [4.69, 9.17) is 9.88 Å². The van der Waals surface area contributed by atoms with Crippen LogP contribution in [0.15, 0.2) is 43.0 Å². The van der Waals surface area contributed by atoms with E-state index in [0.29, 0.717) is 16.9 Å². The maximum Gasteiger partial charge on any atom is 0.333 e. The molecule has 0 fully saturated rings. The number of hydrogen-bond donors (Lipinski definition) is 2. The number of benzene rings is 1. The number of hydrogen-bond acceptors (Lipinski definition) is 8. The summed E-state index contributed by atoms with van der Waals surface area (Å²) in [6, 6.07) is 9.45. The topological polar surface area (TPSA) is 142 Å². The average molecular weight is 417 g/mol. The van der Waals surface area contributed by atoms with Crippen molar-refractivity contribution >= 4 is 21.5 Å². The van der Waals surface area contributed by atoms with E-state index in [-0.39, 0.29) is 6.54 Å². The molecule has 2 heterocycles. The average Bonchev–Trinajstić information content (AvgIpc) is 3.10. The van der Waals surface area contributed by atoms with Crippen LogP contribution in [-0.2, 0) is 25.8 Å². The Labute approximate surface area is 167 Å². The fourth-order valence-electron chi connectivity index (χ4n) is 2.58. The second-order valence-electron chi connectivity index (χ2n) is 6.03. The molecule has 11 heteroatoms. The summed E-state index contributed by atoms with van der Waals surface area (Å²) in [5.74, 6) is 5.99. The highest BCUT2D eigenvalue weighted by molar-refractivity contribution is 7.84. The molecule has 0 unspecified atom stereocenters. The summed E-state index contributed by atoms with van der Waals surface area (Å²) in [6.07, 6.45) is 0.821. The van der Waals surface area contributed by atoms with Crippen molar-refractivity contribution in [2.45, 2.75) is 18.8 Å². The SMILES string of the molecule is CO[C@H](COS(N)(=O)=O)[C@@H](O)Cn1cnc2c(C#Cc3ccccc3)ncnc21. The quantitative estimate of drug-likeness (QED) is 0.504. The molecule has 3 aromatic rings. The van der Waals surface area contributed by atoms with Gasteiger partial charge in [-0.3, -0.25) is 4.18 Å². The Hall–Kier alpha value is -2.88. The van der Waals surface area contributed by atoms with Crippen LogP contribution in [0.4, 0.5) is 0 Å². The van der Waals surface area contributed by atoms with Crippen LogP contribution in [0.25, 0.3) is 11.2 Å². The van der Waals surface area contributed by atoms with Crippen molar-refractivity contribution in [3.63, 3.8) is 0 Å². The van der Waals surface area contributed by atoms with Gasteiger partial charge in [-0.2, -0.15) is 8.42 Å². The molecule has 3 rings (SSSR count). The van der Waals surface area contributed by atoms with E-state index in [1.54, 1.807) is 4.57 Å². The minimum Gasteiger partial charge on any atom is -0.388 e. The largest absolute Gasteiger partial charge is 0.388 e. The van der Waals surface area contributed by atoms with Gasteiger partial charge in [0.05, 0.1) is 19.5 Å². The first-order valence-electron chi connectivity index (χ1n) is 8.48. The molecule has 0 spiro atoms. The molecular formula is C18H19N5O5S. The van der Waals surface area contributed by atoms with Gasteiger partial charge in [0.2, 0.25) is 0 Å². The van der Waals surface area contributed by atoms with Crippen molar-refractivity contribution in [2.75, 3.05) is 13.7 Å². The van der Waals surface area contributed by atoms with E-state index in [1.165, 1.54) is 19.8 Å². The fourth-order valence-corrected chi connectivity index (χ4v) is 2.90. The monoisotopic (exact) mass is 417 g/mol. The van der Waals surface area contributed by atoms with E-state index in [9.17, 15) is 13.5 Å². The van der Waals surface area contributed by atoms with Crippen molar-refractivity contribution in [2.24, 2.45) is 5.14 Å². The van der Waals surface area contributed by atoms with Crippen molar-refractivity contribution in [3.05, 3.63) is 54.2 Å². The first-order valence-corrected chi connectivity index (χ1v) is 9.95. The van der Waals surface area contributed by atoms with Gasteiger partial charge in [-0.25, -0.2) is 20.1 Å². The number of nitrogens with zero attached hydrogens (tertiary/aromatic N) is 4. The predicted molar refractivity (Wildman–Crippen MR) is 104 cm³/mol. The predicted octanol–water partition coefficient (Wildman–Crippen LogP) is -0.178. The highest BCUT2D eigenvalue weighted by Gasteiger charge is 2.23. The molecule has 0 aliphatic carbocycles.